The molecule has 7 rings (SSSR count). The molecule has 0 saturated carbocycles. The minimum atomic E-state index is 1.08. The summed E-state index contributed by atoms with van der Waals surface area (Å²) in [7, 11) is 0. The van der Waals surface area contributed by atoms with Gasteiger partial charge in [0.2, 0.25) is 0 Å². The summed E-state index contributed by atoms with van der Waals surface area (Å²) in [5.41, 5.74) is 1.08. The van der Waals surface area contributed by atoms with Crippen molar-refractivity contribution in [3.63, 3.8) is 0 Å². The van der Waals surface area contributed by atoms with E-state index < -0.39 is 0 Å². The van der Waals surface area contributed by atoms with Crippen LogP contribution in [0, 0.1) is 0 Å². The van der Waals surface area contributed by atoms with Crippen LogP contribution in [0.5, 0.6) is 0 Å². The molecule has 0 bridgehead atoms. The van der Waals surface area contributed by atoms with Gasteiger partial charge >= 0.3 is 0 Å². The van der Waals surface area contributed by atoms with Crippen molar-refractivity contribution in [1.29, 1.82) is 0 Å². The Morgan fingerprint density at radius 3 is 1.73 bits per heavy atom. The van der Waals surface area contributed by atoms with Gasteiger partial charge in [-0.2, -0.15) is 0 Å². The van der Waals surface area contributed by atoms with Crippen LogP contribution in [0.15, 0.2) is 103 Å². The van der Waals surface area contributed by atoms with E-state index in [1.807, 2.05) is 6.20 Å². The third-order valence-corrected chi connectivity index (χ3v) is 6.45. The van der Waals surface area contributed by atoms with Crippen LogP contribution in [0.2, 0.25) is 0 Å². The largest absolute Gasteiger partial charge is 0.256 e. The number of hydrogen-bond donors (Lipinski definition) is 0. The van der Waals surface area contributed by atoms with Crippen LogP contribution in [-0.4, -0.2) is 4.98 Å². The summed E-state index contributed by atoms with van der Waals surface area (Å²) < 4.78 is 0. The third-order valence-electron chi connectivity index (χ3n) is 6.45. The Morgan fingerprint density at radius 1 is 0.367 bits per heavy atom. The Balaban J connectivity index is 1.97. The normalized spacial score (nSPS) is 12.0. The molecule has 0 N–H and O–H groups in total. The molecule has 0 amide bonds. The molecular weight excluding hydrogens is 362 g/mol. The summed E-state index contributed by atoms with van der Waals surface area (Å²) in [6.45, 7) is 0. The molecule has 0 aliphatic carbocycles. The molecule has 0 unspecified atom stereocenters. The van der Waals surface area contributed by atoms with E-state index in [0.29, 0.717) is 0 Å². The first-order chi connectivity index (χ1) is 14.9. The van der Waals surface area contributed by atoms with Crippen LogP contribution < -0.4 is 0 Å². The van der Waals surface area contributed by atoms with Gasteiger partial charge in [-0.3, -0.25) is 4.98 Å². The van der Waals surface area contributed by atoms with Crippen LogP contribution in [0.25, 0.3) is 64.8 Å². The van der Waals surface area contributed by atoms with Crippen LogP contribution in [-0.2, 0) is 0 Å². The second-order valence-corrected chi connectivity index (χ2v) is 7.95. The molecule has 0 aliphatic heterocycles. The van der Waals surface area contributed by atoms with Crippen LogP contribution in [0.1, 0.15) is 0 Å². The highest BCUT2D eigenvalue weighted by Gasteiger charge is 2.17. The first-order valence-corrected chi connectivity index (χ1v) is 10.3. The molecule has 0 atom stereocenters. The lowest BCUT2D eigenvalue weighted by Crippen LogP contribution is -1.90. The summed E-state index contributed by atoms with van der Waals surface area (Å²) in [6.07, 6.45) is 1.92. The number of nitrogens with zero attached hydrogens (tertiary/aromatic N) is 1. The maximum Gasteiger partial charge on any atom is 0.0793 e. The van der Waals surface area contributed by atoms with Gasteiger partial charge in [-0.15, -0.1) is 0 Å². The van der Waals surface area contributed by atoms with Crippen molar-refractivity contribution in [3.8, 4) is 0 Å². The fraction of sp³-hybridized carbons (Fsp3) is 0. The third kappa shape index (κ3) is 1.94. The standard InChI is InChI=1S/C29H17N/c1-2-9-19-18(8-1)15-16-24-26(19)25-14-7-17-30-29(25)28-23-13-6-4-11-21(23)20-10-3-5-12-22(20)27(24)28/h1-17H. The number of pyridine rings is 1. The number of hydrogen-bond acceptors (Lipinski definition) is 1. The quantitative estimate of drug-likeness (QED) is 0.243. The summed E-state index contributed by atoms with van der Waals surface area (Å²) >= 11 is 0. The molecule has 138 valence electrons. The fourth-order valence-corrected chi connectivity index (χ4v) is 5.24. The van der Waals surface area contributed by atoms with Gasteiger partial charge in [0.05, 0.1) is 5.52 Å². The Morgan fingerprint density at radius 2 is 0.967 bits per heavy atom. The van der Waals surface area contributed by atoms with Crippen molar-refractivity contribution < 1.29 is 0 Å². The van der Waals surface area contributed by atoms with Gasteiger partial charge in [0.1, 0.15) is 0 Å². The van der Waals surface area contributed by atoms with Crippen molar-refractivity contribution in [3.05, 3.63) is 103 Å². The lowest BCUT2D eigenvalue weighted by atomic mass is 9.87. The highest BCUT2D eigenvalue weighted by molar-refractivity contribution is 6.41. The van der Waals surface area contributed by atoms with Gasteiger partial charge in [-0.05, 0) is 49.2 Å². The van der Waals surface area contributed by atoms with Crippen LogP contribution >= 0.6 is 0 Å². The molecule has 0 saturated heterocycles. The predicted molar refractivity (Wildman–Crippen MR) is 129 cm³/mol. The number of benzene rings is 6. The molecule has 0 fully saturated rings. The zero-order valence-corrected chi connectivity index (χ0v) is 16.3. The van der Waals surface area contributed by atoms with Crippen molar-refractivity contribution in [2.24, 2.45) is 0 Å². The number of rotatable bonds is 0. The highest BCUT2D eigenvalue weighted by atomic mass is 14.6. The van der Waals surface area contributed by atoms with E-state index in [-0.39, 0.29) is 0 Å². The second kappa shape index (κ2) is 5.77. The molecule has 1 heterocycles. The molecule has 7 aromatic rings. The first-order valence-electron chi connectivity index (χ1n) is 10.3. The molecule has 0 radical (unpaired) electrons. The van der Waals surface area contributed by atoms with E-state index in [2.05, 4.69) is 97.1 Å². The molecule has 1 aromatic heterocycles. The van der Waals surface area contributed by atoms with Gasteiger partial charge in [0, 0.05) is 22.4 Å². The van der Waals surface area contributed by atoms with Gasteiger partial charge < -0.3 is 0 Å². The Hall–Kier alpha value is -3.97. The lowest BCUT2D eigenvalue weighted by molar-refractivity contribution is 1.43. The SMILES string of the molecule is c1ccc2c(c1)ccc1c2c2cccnc2c2c3ccccc3c3ccccc3c12. The smallest absolute Gasteiger partial charge is 0.0793 e. The summed E-state index contributed by atoms with van der Waals surface area (Å²) in [5.74, 6) is 0. The van der Waals surface area contributed by atoms with E-state index in [1.54, 1.807) is 0 Å². The van der Waals surface area contributed by atoms with E-state index in [9.17, 15) is 0 Å². The number of fused-ring (bicyclic) bond motifs is 13. The maximum atomic E-state index is 4.92. The Labute approximate surface area is 173 Å². The van der Waals surface area contributed by atoms with Crippen LogP contribution in [0.4, 0.5) is 0 Å². The number of aromatic nitrogens is 1. The summed E-state index contributed by atoms with van der Waals surface area (Å²) in [4.78, 5) is 4.92. The van der Waals surface area contributed by atoms with E-state index in [0.717, 1.165) is 5.52 Å². The van der Waals surface area contributed by atoms with Gasteiger partial charge in [0.25, 0.3) is 0 Å². The van der Waals surface area contributed by atoms with Gasteiger partial charge in [-0.25, -0.2) is 0 Å². The lowest BCUT2D eigenvalue weighted by Gasteiger charge is -2.16. The van der Waals surface area contributed by atoms with Crippen molar-refractivity contribution in [2.75, 3.05) is 0 Å². The van der Waals surface area contributed by atoms with Crippen molar-refractivity contribution >= 4 is 64.8 Å². The average molecular weight is 379 g/mol. The van der Waals surface area contributed by atoms with Gasteiger partial charge in [-0.1, -0.05) is 91.0 Å². The minimum absolute atomic E-state index is 1.08. The summed E-state index contributed by atoms with van der Waals surface area (Å²) in [6, 6.07) is 35.0. The van der Waals surface area contributed by atoms with Gasteiger partial charge in [0.15, 0.2) is 0 Å². The zero-order valence-electron chi connectivity index (χ0n) is 16.3. The van der Waals surface area contributed by atoms with E-state index >= 15 is 0 Å². The predicted octanol–water partition coefficient (Wildman–Crippen LogP) is 8.00. The van der Waals surface area contributed by atoms with E-state index in [1.165, 1.54) is 59.2 Å². The molecule has 1 nitrogen and oxygen atoms in total. The molecule has 1 heteroatoms. The average Bonchev–Trinajstić information content (AvgIpc) is 2.83. The van der Waals surface area contributed by atoms with Crippen molar-refractivity contribution in [2.45, 2.75) is 0 Å². The van der Waals surface area contributed by atoms with Crippen LogP contribution in [0.3, 0.4) is 0 Å². The molecule has 0 aliphatic rings. The Bertz CT molecular complexity index is 1780. The topological polar surface area (TPSA) is 12.9 Å². The minimum Gasteiger partial charge on any atom is -0.256 e. The fourth-order valence-electron chi connectivity index (χ4n) is 5.24. The first kappa shape index (κ1) is 15.9. The second-order valence-electron chi connectivity index (χ2n) is 7.95. The monoisotopic (exact) mass is 379 g/mol. The zero-order chi connectivity index (χ0) is 19.7. The highest BCUT2D eigenvalue weighted by Crippen LogP contribution is 2.44. The molecule has 6 aromatic carbocycles. The molecular formula is C29H17N. The van der Waals surface area contributed by atoms with E-state index in [4.69, 9.17) is 4.98 Å². The molecule has 30 heavy (non-hydrogen) atoms. The maximum absolute atomic E-state index is 4.92. The van der Waals surface area contributed by atoms with Crippen molar-refractivity contribution in [1.82, 2.24) is 4.98 Å². The summed E-state index contributed by atoms with van der Waals surface area (Å²) in [5, 5.41) is 14.1. The molecule has 0 spiro atoms. The Kier molecular flexibility index (Phi) is 3.06.